The minimum Gasteiger partial charge on any atom is -0.502 e. The predicted molar refractivity (Wildman–Crippen MR) is 59.1 cm³/mol. The molecular formula is C10H7BrO5. The minimum absolute atomic E-state index is 0.0949. The second kappa shape index (κ2) is 3.71. The topological polar surface area (TPSA) is 79.9 Å². The molecule has 1 heterocycles. The van der Waals surface area contributed by atoms with Crippen LogP contribution in [0, 0.1) is 0 Å². The fourth-order valence-corrected chi connectivity index (χ4v) is 2.01. The maximum atomic E-state index is 10.7. The van der Waals surface area contributed by atoms with Gasteiger partial charge < -0.3 is 19.4 Å². The number of ether oxygens (including phenoxy) is 1. The van der Waals surface area contributed by atoms with Gasteiger partial charge >= 0.3 is 5.97 Å². The van der Waals surface area contributed by atoms with Gasteiger partial charge in [0.2, 0.25) is 11.5 Å². The normalized spacial score (nSPS) is 10.6. The van der Waals surface area contributed by atoms with Crippen molar-refractivity contribution >= 4 is 32.9 Å². The van der Waals surface area contributed by atoms with E-state index in [2.05, 4.69) is 15.9 Å². The average molecular weight is 287 g/mol. The van der Waals surface area contributed by atoms with Crippen LogP contribution in [0.2, 0.25) is 0 Å². The Hall–Kier alpha value is -1.69. The number of carboxylic acid groups (broad SMARTS) is 1. The minimum atomic E-state index is -1.19. The first-order valence-electron chi connectivity index (χ1n) is 4.27. The molecule has 0 saturated carbocycles. The Morgan fingerprint density at radius 3 is 2.75 bits per heavy atom. The molecule has 0 amide bonds. The highest BCUT2D eigenvalue weighted by atomic mass is 79.9. The van der Waals surface area contributed by atoms with Crippen molar-refractivity contribution in [3.05, 3.63) is 22.4 Å². The smallest absolute Gasteiger partial charge is 0.371 e. The maximum absolute atomic E-state index is 10.7. The average Bonchev–Trinajstić information content (AvgIpc) is 2.62. The van der Waals surface area contributed by atoms with Crippen LogP contribution in [-0.4, -0.2) is 23.3 Å². The molecule has 2 aromatic rings. The van der Waals surface area contributed by atoms with Crippen LogP contribution in [0.3, 0.4) is 0 Å². The number of hydrogen-bond donors (Lipinski definition) is 2. The Labute approximate surface area is 98.4 Å². The van der Waals surface area contributed by atoms with Gasteiger partial charge in [-0.1, -0.05) is 0 Å². The Balaban J connectivity index is 2.78. The number of rotatable bonds is 2. The zero-order valence-corrected chi connectivity index (χ0v) is 9.74. The van der Waals surface area contributed by atoms with E-state index in [0.29, 0.717) is 9.86 Å². The molecule has 5 nitrogen and oxygen atoms in total. The summed E-state index contributed by atoms with van der Waals surface area (Å²) in [6.45, 7) is 0. The molecule has 0 atom stereocenters. The molecule has 84 valence electrons. The number of hydrogen-bond acceptors (Lipinski definition) is 4. The fraction of sp³-hybridized carbons (Fsp3) is 0.100. The Bertz CT molecular complexity index is 572. The van der Waals surface area contributed by atoms with E-state index < -0.39 is 5.97 Å². The molecule has 0 aliphatic carbocycles. The summed E-state index contributed by atoms with van der Waals surface area (Å²) in [6.07, 6.45) is 0. The van der Waals surface area contributed by atoms with E-state index >= 15 is 0 Å². The number of methoxy groups -OCH3 is 1. The van der Waals surface area contributed by atoms with Gasteiger partial charge in [-0.2, -0.15) is 0 Å². The monoisotopic (exact) mass is 286 g/mol. The Kier molecular flexibility index (Phi) is 2.51. The SMILES string of the molecule is COc1c(Br)cc2cc(C(=O)O)oc2c1O. The third-order valence-electron chi connectivity index (χ3n) is 2.11. The standard InChI is InChI=1S/C10H7BrO5/c1-15-9-5(11)2-4-3-6(10(13)14)16-8(4)7(9)12/h2-3,12H,1H3,(H,13,14). The van der Waals surface area contributed by atoms with Crippen molar-refractivity contribution in [2.75, 3.05) is 7.11 Å². The van der Waals surface area contributed by atoms with E-state index in [9.17, 15) is 9.90 Å². The molecule has 0 saturated heterocycles. The van der Waals surface area contributed by atoms with E-state index in [1.807, 2.05) is 0 Å². The van der Waals surface area contributed by atoms with Crippen molar-refractivity contribution in [3.8, 4) is 11.5 Å². The number of benzene rings is 1. The predicted octanol–water partition coefficient (Wildman–Crippen LogP) is 2.61. The zero-order valence-electron chi connectivity index (χ0n) is 8.15. The fourth-order valence-electron chi connectivity index (χ4n) is 1.42. The number of phenolic OH excluding ortho intramolecular Hbond substituents is 1. The molecule has 0 fully saturated rings. The number of aromatic hydroxyl groups is 1. The van der Waals surface area contributed by atoms with Crippen LogP contribution in [0.15, 0.2) is 21.0 Å². The molecule has 0 bridgehead atoms. The highest BCUT2D eigenvalue weighted by Crippen LogP contribution is 2.41. The highest BCUT2D eigenvalue weighted by Gasteiger charge is 2.18. The third-order valence-corrected chi connectivity index (χ3v) is 2.69. The van der Waals surface area contributed by atoms with Crippen molar-refractivity contribution < 1.29 is 24.2 Å². The summed E-state index contributed by atoms with van der Waals surface area (Å²) in [5.41, 5.74) is 0.0949. The van der Waals surface area contributed by atoms with Crippen LogP contribution in [0.4, 0.5) is 0 Å². The first-order chi connectivity index (χ1) is 7.54. The molecule has 6 heteroatoms. The van der Waals surface area contributed by atoms with Gasteiger partial charge in [0.1, 0.15) is 0 Å². The molecule has 2 rings (SSSR count). The zero-order chi connectivity index (χ0) is 11.9. The largest absolute Gasteiger partial charge is 0.502 e. The molecule has 0 unspecified atom stereocenters. The van der Waals surface area contributed by atoms with E-state index in [1.54, 1.807) is 6.07 Å². The van der Waals surface area contributed by atoms with Crippen LogP contribution in [0.5, 0.6) is 11.5 Å². The molecular weight excluding hydrogens is 280 g/mol. The van der Waals surface area contributed by atoms with Crippen LogP contribution in [-0.2, 0) is 0 Å². The molecule has 0 spiro atoms. The van der Waals surface area contributed by atoms with Crippen molar-refractivity contribution in [2.45, 2.75) is 0 Å². The molecule has 1 aromatic heterocycles. The van der Waals surface area contributed by atoms with Gasteiger partial charge in [-0.3, -0.25) is 0 Å². The summed E-state index contributed by atoms with van der Waals surface area (Å²) in [5.74, 6) is -1.44. The number of phenols is 1. The van der Waals surface area contributed by atoms with E-state index in [-0.39, 0.29) is 22.8 Å². The summed E-state index contributed by atoms with van der Waals surface area (Å²) in [4.78, 5) is 10.7. The summed E-state index contributed by atoms with van der Waals surface area (Å²) in [5, 5.41) is 19.0. The van der Waals surface area contributed by atoms with Gasteiger partial charge in [-0.25, -0.2) is 4.79 Å². The molecule has 1 aromatic carbocycles. The number of furan rings is 1. The molecule has 2 N–H and O–H groups in total. The molecule has 0 radical (unpaired) electrons. The Morgan fingerprint density at radius 1 is 1.50 bits per heavy atom. The van der Waals surface area contributed by atoms with E-state index in [0.717, 1.165) is 0 Å². The second-order valence-electron chi connectivity index (χ2n) is 3.07. The number of fused-ring (bicyclic) bond motifs is 1. The van der Waals surface area contributed by atoms with Crippen LogP contribution >= 0.6 is 15.9 Å². The van der Waals surface area contributed by atoms with Gasteiger partial charge in [0.25, 0.3) is 0 Å². The van der Waals surface area contributed by atoms with Crippen molar-refractivity contribution in [1.29, 1.82) is 0 Å². The van der Waals surface area contributed by atoms with Gasteiger partial charge in [-0.15, -0.1) is 0 Å². The summed E-state index contributed by atoms with van der Waals surface area (Å²) < 4.78 is 10.5. The van der Waals surface area contributed by atoms with Crippen LogP contribution in [0.25, 0.3) is 11.0 Å². The Morgan fingerprint density at radius 2 is 2.19 bits per heavy atom. The summed E-state index contributed by atoms with van der Waals surface area (Å²) >= 11 is 3.20. The first kappa shape index (κ1) is 10.8. The second-order valence-corrected chi connectivity index (χ2v) is 3.93. The summed E-state index contributed by atoms with van der Waals surface area (Å²) in [7, 11) is 1.40. The molecule has 0 aliphatic heterocycles. The summed E-state index contributed by atoms with van der Waals surface area (Å²) in [6, 6.07) is 2.95. The van der Waals surface area contributed by atoms with Gasteiger partial charge in [0, 0.05) is 5.39 Å². The number of carbonyl (C=O) groups is 1. The lowest BCUT2D eigenvalue weighted by molar-refractivity contribution is 0.0665. The van der Waals surface area contributed by atoms with E-state index in [4.69, 9.17) is 14.3 Å². The number of halogens is 1. The highest BCUT2D eigenvalue weighted by molar-refractivity contribution is 9.10. The lowest BCUT2D eigenvalue weighted by Gasteiger charge is -2.05. The van der Waals surface area contributed by atoms with E-state index in [1.165, 1.54) is 13.2 Å². The van der Waals surface area contributed by atoms with Gasteiger partial charge in [0.15, 0.2) is 11.3 Å². The number of carboxylic acids is 1. The lowest BCUT2D eigenvalue weighted by atomic mass is 10.2. The first-order valence-corrected chi connectivity index (χ1v) is 5.06. The molecule has 0 aliphatic rings. The van der Waals surface area contributed by atoms with Crippen molar-refractivity contribution in [1.82, 2.24) is 0 Å². The number of aromatic carboxylic acids is 1. The van der Waals surface area contributed by atoms with Crippen molar-refractivity contribution in [2.24, 2.45) is 0 Å². The van der Waals surface area contributed by atoms with Gasteiger partial charge in [0.05, 0.1) is 11.6 Å². The van der Waals surface area contributed by atoms with Crippen LogP contribution < -0.4 is 4.74 Å². The van der Waals surface area contributed by atoms with Gasteiger partial charge in [-0.05, 0) is 28.1 Å². The third kappa shape index (κ3) is 1.51. The maximum Gasteiger partial charge on any atom is 0.371 e. The van der Waals surface area contributed by atoms with Crippen LogP contribution in [0.1, 0.15) is 10.6 Å². The lowest BCUT2D eigenvalue weighted by Crippen LogP contribution is -1.91. The molecule has 16 heavy (non-hydrogen) atoms. The van der Waals surface area contributed by atoms with Crippen molar-refractivity contribution in [3.63, 3.8) is 0 Å². The quantitative estimate of drug-likeness (QED) is 0.887.